The fourth-order valence-corrected chi connectivity index (χ4v) is 4.16. The molecule has 1 fully saturated rings. The second kappa shape index (κ2) is 8.24. The van der Waals surface area contributed by atoms with Crippen LogP contribution in [0, 0.1) is 13.8 Å². The van der Waals surface area contributed by atoms with Crippen LogP contribution in [0.15, 0.2) is 48.5 Å². The molecule has 0 atom stereocenters. The molecule has 1 aliphatic rings. The van der Waals surface area contributed by atoms with Crippen molar-refractivity contribution in [3.8, 4) is 0 Å². The van der Waals surface area contributed by atoms with Gasteiger partial charge in [-0.15, -0.1) is 0 Å². The van der Waals surface area contributed by atoms with Crippen molar-refractivity contribution in [3.05, 3.63) is 70.9 Å². The predicted molar refractivity (Wildman–Crippen MR) is 120 cm³/mol. The Kier molecular flexibility index (Phi) is 5.52. The molecule has 1 saturated heterocycles. The molecule has 1 aromatic heterocycles. The highest BCUT2D eigenvalue weighted by molar-refractivity contribution is 6.06. The number of amides is 1. The molecule has 0 radical (unpaired) electrons. The maximum absolute atomic E-state index is 13.2. The van der Waals surface area contributed by atoms with E-state index in [2.05, 4.69) is 40.2 Å². The number of pyridine rings is 1. The molecule has 0 N–H and O–H groups in total. The van der Waals surface area contributed by atoms with E-state index in [4.69, 9.17) is 0 Å². The number of aryl methyl sites for hydroxylation is 2. The van der Waals surface area contributed by atoms with Crippen molar-refractivity contribution < 1.29 is 4.79 Å². The second-order valence-electron chi connectivity index (χ2n) is 8.21. The molecule has 0 aliphatic carbocycles. The standard InChI is InChI=1S/C25H29N3O/c1-18-7-12-24-22(15-18)23(16-19(2)26-24)25(29)27(3)17-20-8-10-21(11-9-20)28-13-5-4-6-14-28/h7-12,15-16H,4-6,13-14,17H2,1-3H3. The Morgan fingerprint density at radius 1 is 1.00 bits per heavy atom. The van der Waals surface area contributed by atoms with Gasteiger partial charge in [0.05, 0.1) is 11.1 Å². The smallest absolute Gasteiger partial charge is 0.254 e. The summed E-state index contributed by atoms with van der Waals surface area (Å²) in [5.41, 5.74) is 6.03. The topological polar surface area (TPSA) is 36.4 Å². The van der Waals surface area contributed by atoms with Gasteiger partial charge in [0.25, 0.3) is 5.91 Å². The monoisotopic (exact) mass is 387 g/mol. The Morgan fingerprint density at radius 2 is 1.72 bits per heavy atom. The molecule has 1 amide bonds. The lowest BCUT2D eigenvalue weighted by Crippen LogP contribution is -2.29. The molecular formula is C25H29N3O. The Balaban J connectivity index is 1.53. The molecule has 2 aromatic carbocycles. The molecule has 0 unspecified atom stereocenters. The summed E-state index contributed by atoms with van der Waals surface area (Å²) in [5, 5.41) is 0.924. The van der Waals surface area contributed by atoms with Crippen LogP contribution in [0.25, 0.3) is 10.9 Å². The molecule has 29 heavy (non-hydrogen) atoms. The van der Waals surface area contributed by atoms with Gasteiger partial charge in [0.15, 0.2) is 0 Å². The fraction of sp³-hybridized carbons (Fsp3) is 0.360. The summed E-state index contributed by atoms with van der Waals surface area (Å²) in [6.45, 7) is 6.86. The normalized spacial score (nSPS) is 14.2. The van der Waals surface area contributed by atoms with Gasteiger partial charge in [-0.3, -0.25) is 9.78 Å². The number of piperidine rings is 1. The maximum Gasteiger partial charge on any atom is 0.254 e. The second-order valence-corrected chi connectivity index (χ2v) is 8.21. The van der Waals surface area contributed by atoms with Gasteiger partial charge in [-0.2, -0.15) is 0 Å². The van der Waals surface area contributed by atoms with Crippen molar-refractivity contribution in [1.29, 1.82) is 0 Å². The number of hydrogen-bond acceptors (Lipinski definition) is 3. The Labute approximate surface area is 173 Å². The number of carbonyl (C=O) groups excluding carboxylic acids is 1. The highest BCUT2D eigenvalue weighted by Crippen LogP contribution is 2.23. The van der Waals surface area contributed by atoms with Gasteiger partial charge < -0.3 is 9.80 Å². The van der Waals surface area contributed by atoms with E-state index in [0.29, 0.717) is 6.54 Å². The van der Waals surface area contributed by atoms with E-state index in [1.54, 1.807) is 4.90 Å². The number of carbonyl (C=O) groups is 1. The molecule has 3 aromatic rings. The lowest BCUT2D eigenvalue weighted by Gasteiger charge is -2.29. The van der Waals surface area contributed by atoms with Crippen LogP contribution in [0.3, 0.4) is 0 Å². The first-order valence-electron chi connectivity index (χ1n) is 10.5. The van der Waals surface area contributed by atoms with E-state index in [1.165, 1.54) is 24.9 Å². The van der Waals surface area contributed by atoms with Crippen molar-refractivity contribution in [2.24, 2.45) is 0 Å². The molecule has 4 nitrogen and oxygen atoms in total. The summed E-state index contributed by atoms with van der Waals surface area (Å²) in [5.74, 6) is 0.0335. The zero-order valence-electron chi connectivity index (χ0n) is 17.6. The number of hydrogen-bond donors (Lipinski definition) is 0. The molecule has 0 saturated carbocycles. The minimum absolute atomic E-state index is 0.0335. The van der Waals surface area contributed by atoms with Crippen LogP contribution in [0.1, 0.15) is 46.4 Å². The van der Waals surface area contributed by atoms with E-state index in [-0.39, 0.29) is 5.91 Å². The Morgan fingerprint density at radius 3 is 2.45 bits per heavy atom. The SMILES string of the molecule is Cc1ccc2nc(C)cc(C(=O)N(C)Cc3ccc(N4CCCCC4)cc3)c2c1. The van der Waals surface area contributed by atoms with E-state index in [0.717, 1.165) is 46.4 Å². The highest BCUT2D eigenvalue weighted by Gasteiger charge is 2.17. The van der Waals surface area contributed by atoms with Crippen LogP contribution in [0.4, 0.5) is 5.69 Å². The summed E-state index contributed by atoms with van der Waals surface area (Å²) < 4.78 is 0. The zero-order chi connectivity index (χ0) is 20.4. The quantitative estimate of drug-likeness (QED) is 0.624. The van der Waals surface area contributed by atoms with Gasteiger partial charge in [-0.05, 0) is 69.0 Å². The van der Waals surface area contributed by atoms with Crippen molar-refractivity contribution in [3.63, 3.8) is 0 Å². The van der Waals surface area contributed by atoms with Gasteiger partial charge in [0.1, 0.15) is 0 Å². The first-order chi connectivity index (χ1) is 14.0. The third kappa shape index (κ3) is 4.26. The lowest BCUT2D eigenvalue weighted by atomic mass is 10.0. The highest BCUT2D eigenvalue weighted by atomic mass is 16.2. The van der Waals surface area contributed by atoms with Crippen LogP contribution in [-0.4, -0.2) is 35.9 Å². The average molecular weight is 388 g/mol. The van der Waals surface area contributed by atoms with E-state index in [9.17, 15) is 4.79 Å². The van der Waals surface area contributed by atoms with E-state index < -0.39 is 0 Å². The maximum atomic E-state index is 13.2. The number of benzene rings is 2. The fourth-order valence-electron chi connectivity index (χ4n) is 4.16. The molecule has 2 heterocycles. The summed E-state index contributed by atoms with van der Waals surface area (Å²) >= 11 is 0. The lowest BCUT2D eigenvalue weighted by molar-refractivity contribution is 0.0787. The average Bonchev–Trinajstić information content (AvgIpc) is 2.74. The summed E-state index contributed by atoms with van der Waals surface area (Å²) in [6.07, 6.45) is 3.89. The van der Waals surface area contributed by atoms with Crippen molar-refractivity contribution in [1.82, 2.24) is 9.88 Å². The molecule has 1 aliphatic heterocycles. The molecule has 0 bridgehead atoms. The number of anilines is 1. The first-order valence-corrected chi connectivity index (χ1v) is 10.5. The number of nitrogens with zero attached hydrogens (tertiary/aromatic N) is 3. The number of aromatic nitrogens is 1. The van der Waals surface area contributed by atoms with Crippen molar-refractivity contribution in [2.75, 3.05) is 25.0 Å². The van der Waals surface area contributed by atoms with Crippen LogP contribution < -0.4 is 4.90 Å². The van der Waals surface area contributed by atoms with Crippen molar-refractivity contribution >= 4 is 22.5 Å². The van der Waals surface area contributed by atoms with Crippen LogP contribution >= 0.6 is 0 Å². The minimum Gasteiger partial charge on any atom is -0.372 e. The van der Waals surface area contributed by atoms with E-state index >= 15 is 0 Å². The number of fused-ring (bicyclic) bond motifs is 1. The summed E-state index contributed by atoms with van der Waals surface area (Å²) in [6, 6.07) is 16.7. The Bertz CT molecular complexity index is 1020. The first kappa shape index (κ1) is 19.4. The molecule has 4 heteroatoms. The largest absolute Gasteiger partial charge is 0.372 e. The molecule has 150 valence electrons. The third-order valence-electron chi connectivity index (χ3n) is 5.75. The zero-order valence-corrected chi connectivity index (χ0v) is 17.6. The molecule has 4 rings (SSSR count). The van der Waals surface area contributed by atoms with Gasteiger partial charge in [-0.25, -0.2) is 0 Å². The predicted octanol–water partition coefficient (Wildman–Crippen LogP) is 5.11. The van der Waals surface area contributed by atoms with Gasteiger partial charge in [0.2, 0.25) is 0 Å². The number of rotatable bonds is 4. The van der Waals surface area contributed by atoms with Crippen molar-refractivity contribution in [2.45, 2.75) is 39.7 Å². The summed E-state index contributed by atoms with van der Waals surface area (Å²) in [7, 11) is 1.87. The van der Waals surface area contributed by atoms with E-state index in [1.807, 2.05) is 39.1 Å². The van der Waals surface area contributed by atoms with Crippen LogP contribution in [0.2, 0.25) is 0 Å². The summed E-state index contributed by atoms with van der Waals surface area (Å²) in [4.78, 5) is 22.1. The minimum atomic E-state index is 0.0335. The van der Waals surface area contributed by atoms with Gasteiger partial charge in [0, 0.05) is 43.4 Å². The van der Waals surface area contributed by atoms with Crippen LogP contribution in [-0.2, 0) is 6.54 Å². The Hall–Kier alpha value is -2.88. The van der Waals surface area contributed by atoms with Gasteiger partial charge >= 0.3 is 0 Å². The van der Waals surface area contributed by atoms with Gasteiger partial charge in [-0.1, -0.05) is 23.8 Å². The molecule has 0 spiro atoms. The van der Waals surface area contributed by atoms with Crippen LogP contribution in [0.5, 0.6) is 0 Å². The third-order valence-corrected chi connectivity index (χ3v) is 5.75. The molecular weight excluding hydrogens is 358 g/mol.